The van der Waals surface area contributed by atoms with Gasteiger partial charge in [-0.1, -0.05) is 35.4 Å². The Kier molecular flexibility index (Phi) is 8.70. The molecular formula is C25H24ClNO5. The summed E-state index contributed by atoms with van der Waals surface area (Å²) in [5.41, 5.74) is 3.04. The van der Waals surface area contributed by atoms with Crippen LogP contribution < -0.4 is 14.8 Å². The zero-order chi connectivity index (χ0) is 22.4. The van der Waals surface area contributed by atoms with Crippen LogP contribution in [0.15, 0.2) is 66.7 Å². The van der Waals surface area contributed by atoms with Crippen molar-refractivity contribution in [3.05, 3.63) is 94.5 Å². The Balaban J connectivity index is 0.00000363. The third kappa shape index (κ3) is 6.26. The van der Waals surface area contributed by atoms with Crippen molar-refractivity contribution in [2.24, 2.45) is 0 Å². The Labute approximate surface area is 193 Å². The molecule has 0 aliphatic carbocycles. The highest BCUT2D eigenvalue weighted by atomic mass is 35.5. The van der Waals surface area contributed by atoms with Crippen LogP contribution in [-0.4, -0.2) is 31.3 Å². The standard InChI is InChI=1S/C25H23NO5.ClH/c1-16-4-8-18(9-5-16)24(28)30-22-13-12-20(21(27)15-26-3)14-23(22)31-25(29)19-10-6-17(2)7-11-19;/h4-14,26H,15H2,1-3H3;1H. The van der Waals surface area contributed by atoms with E-state index in [1.54, 1.807) is 55.6 Å². The van der Waals surface area contributed by atoms with Gasteiger partial charge in [-0.2, -0.15) is 0 Å². The predicted molar refractivity (Wildman–Crippen MR) is 124 cm³/mol. The van der Waals surface area contributed by atoms with E-state index in [4.69, 9.17) is 9.47 Å². The number of rotatable bonds is 7. The first-order valence-electron chi connectivity index (χ1n) is 9.77. The van der Waals surface area contributed by atoms with Gasteiger partial charge in [-0.15, -0.1) is 12.4 Å². The lowest BCUT2D eigenvalue weighted by atomic mass is 10.1. The molecule has 0 radical (unpaired) electrons. The number of carbonyl (C=O) groups excluding carboxylic acids is 3. The van der Waals surface area contributed by atoms with E-state index in [2.05, 4.69) is 5.32 Å². The summed E-state index contributed by atoms with van der Waals surface area (Å²) >= 11 is 0. The summed E-state index contributed by atoms with van der Waals surface area (Å²) in [6.45, 7) is 3.95. The minimum Gasteiger partial charge on any atom is -0.419 e. The van der Waals surface area contributed by atoms with Gasteiger partial charge in [-0.05, 0) is 63.4 Å². The van der Waals surface area contributed by atoms with Crippen LogP contribution in [0.3, 0.4) is 0 Å². The van der Waals surface area contributed by atoms with Crippen LogP contribution in [-0.2, 0) is 0 Å². The fourth-order valence-corrected chi connectivity index (χ4v) is 2.81. The molecule has 3 aromatic rings. The number of likely N-dealkylation sites (N-methyl/N-ethyl adjacent to an activating group) is 1. The van der Waals surface area contributed by atoms with Gasteiger partial charge in [0, 0.05) is 5.56 Å². The minimum absolute atomic E-state index is 0. The molecule has 3 aromatic carbocycles. The minimum atomic E-state index is -0.620. The summed E-state index contributed by atoms with van der Waals surface area (Å²) < 4.78 is 11.0. The molecule has 0 fully saturated rings. The van der Waals surface area contributed by atoms with Gasteiger partial charge in [-0.3, -0.25) is 4.79 Å². The Bertz CT molecular complexity index is 1110. The highest BCUT2D eigenvalue weighted by molar-refractivity contribution is 5.99. The maximum atomic E-state index is 12.6. The molecule has 0 unspecified atom stereocenters. The van der Waals surface area contributed by atoms with Gasteiger partial charge in [0.05, 0.1) is 17.7 Å². The van der Waals surface area contributed by atoms with Crippen LogP contribution in [0.4, 0.5) is 0 Å². The maximum Gasteiger partial charge on any atom is 0.343 e. The van der Waals surface area contributed by atoms with Crippen LogP contribution in [0.1, 0.15) is 42.2 Å². The predicted octanol–water partition coefficient (Wildman–Crippen LogP) is 4.57. The van der Waals surface area contributed by atoms with E-state index in [0.29, 0.717) is 16.7 Å². The van der Waals surface area contributed by atoms with Gasteiger partial charge < -0.3 is 14.8 Å². The molecule has 166 valence electrons. The summed E-state index contributed by atoms with van der Waals surface area (Å²) in [4.78, 5) is 37.4. The molecule has 7 heteroatoms. The number of Topliss-reactive ketones (excluding diaryl/α,β-unsaturated/α-hetero) is 1. The molecular weight excluding hydrogens is 430 g/mol. The number of ether oxygens (including phenoxy) is 2. The van der Waals surface area contributed by atoms with Crippen molar-refractivity contribution in [3.8, 4) is 11.5 Å². The van der Waals surface area contributed by atoms with Crippen molar-refractivity contribution in [1.29, 1.82) is 0 Å². The normalized spacial score (nSPS) is 10.1. The molecule has 0 saturated heterocycles. The van der Waals surface area contributed by atoms with Crippen molar-refractivity contribution in [3.63, 3.8) is 0 Å². The zero-order valence-electron chi connectivity index (χ0n) is 18.0. The number of nitrogens with one attached hydrogen (secondary N) is 1. The average molecular weight is 454 g/mol. The van der Waals surface area contributed by atoms with E-state index in [0.717, 1.165) is 11.1 Å². The average Bonchev–Trinajstić information content (AvgIpc) is 2.76. The number of carbonyl (C=O) groups is 3. The summed E-state index contributed by atoms with van der Waals surface area (Å²) in [6, 6.07) is 18.2. The molecule has 0 aliphatic heterocycles. The highest BCUT2D eigenvalue weighted by Gasteiger charge is 2.18. The maximum absolute atomic E-state index is 12.6. The third-order valence-corrected chi connectivity index (χ3v) is 4.58. The Morgan fingerprint density at radius 2 is 1.12 bits per heavy atom. The Morgan fingerprint density at radius 1 is 0.688 bits per heavy atom. The number of halogens is 1. The van der Waals surface area contributed by atoms with E-state index >= 15 is 0 Å². The topological polar surface area (TPSA) is 81.7 Å². The second-order valence-electron chi connectivity index (χ2n) is 7.13. The molecule has 0 aromatic heterocycles. The van der Waals surface area contributed by atoms with Gasteiger partial charge >= 0.3 is 11.9 Å². The van der Waals surface area contributed by atoms with E-state index in [1.165, 1.54) is 18.2 Å². The van der Waals surface area contributed by atoms with Crippen LogP contribution >= 0.6 is 12.4 Å². The molecule has 0 atom stereocenters. The Hall–Kier alpha value is -3.48. The molecule has 0 amide bonds. The zero-order valence-corrected chi connectivity index (χ0v) is 18.8. The molecule has 0 bridgehead atoms. The van der Waals surface area contributed by atoms with E-state index < -0.39 is 11.9 Å². The summed E-state index contributed by atoms with van der Waals surface area (Å²) in [6.07, 6.45) is 0. The van der Waals surface area contributed by atoms with Gasteiger partial charge in [0.15, 0.2) is 17.3 Å². The molecule has 32 heavy (non-hydrogen) atoms. The molecule has 0 aliphatic rings. The number of hydrogen-bond donors (Lipinski definition) is 1. The second-order valence-corrected chi connectivity index (χ2v) is 7.13. The van der Waals surface area contributed by atoms with Crippen LogP contribution in [0.5, 0.6) is 11.5 Å². The summed E-state index contributed by atoms with van der Waals surface area (Å²) in [5, 5.41) is 2.79. The Morgan fingerprint density at radius 3 is 1.59 bits per heavy atom. The van der Waals surface area contributed by atoms with Gasteiger partial charge in [0.2, 0.25) is 0 Å². The first kappa shape index (κ1) is 24.8. The molecule has 0 heterocycles. The number of ketones is 1. The first-order valence-corrected chi connectivity index (χ1v) is 9.77. The van der Waals surface area contributed by atoms with Gasteiger partial charge in [-0.25, -0.2) is 9.59 Å². The number of benzene rings is 3. The van der Waals surface area contributed by atoms with Crippen molar-refractivity contribution < 1.29 is 23.9 Å². The SMILES string of the molecule is CNCC(=O)c1ccc(OC(=O)c2ccc(C)cc2)c(OC(=O)c2ccc(C)cc2)c1.Cl. The summed E-state index contributed by atoms with van der Waals surface area (Å²) in [5.74, 6) is -1.36. The lowest BCUT2D eigenvalue weighted by Crippen LogP contribution is -2.19. The lowest BCUT2D eigenvalue weighted by Gasteiger charge is -2.12. The molecule has 0 spiro atoms. The lowest BCUT2D eigenvalue weighted by molar-refractivity contribution is 0.0682. The quantitative estimate of drug-likeness (QED) is 0.320. The van der Waals surface area contributed by atoms with Gasteiger partial charge in [0.1, 0.15) is 0 Å². The molecule has 6 nitrogen and oxygen atoms in total. The summed E-state index contributed by atoms with van der Waals surface area (Å²) in [7, 11) is 1.66. The smallest absolute Gasteiger partial charge is 0.343 e. The third-order valence-electron chi connectivity index (χ3n) is 4.58. The molecule has 0 saturated carbocycles. The van der Waals surface area contributed by atoms with Crippen LogP contribution in [0.25, 0.3) is 0 Å². The van der Waals surface area contributed by atoms with Crippen molar-refractivity contribution >= 4 is 30.1 Å². The van der Waals surface area contributed by atoms with Crippen molar-refractivity contribution in [2.75, 3.05) is 13.6 Å². The molecule has 1 N–H and O–H groups in total. The molecule has 3 rings (SSSR count). The highest BCUT2D eigenvalue weighted by Crippen LogP contribution is 2.30. The first-order chi connectivity index (χ1) is 14.9. The van der Waals surface area contributed by atoms with Gasteiger partial charge in [0.25, 0.3) is 0 Å². The largest absolute Gasteiger partial charge is 0.419 e. The van der Waals surface area contributed by atoms with E-state index in [1.807, 2.05) is 13.8 Å². The monoisotopic (exact) mass is 453 g/mol. The van der Waals surface area contributed by atoms with Crippen molar-refractivity contribution in [2.45, 2.75) is 13.8 Å². The van der Waals surface area contributed by atoms with Crippen molar-refractivity contribution in [1.82, 2.24) is 5.32 Å². The van der Waals surface area contributed by atoms with E-state index in [-0.39, 0.29) is 36.2 Å². The number of esters is 2. The number of hydrogen-bond acceptors (Lipinski definition) is 6. The number of aryl methyl sites for hydroxylation is 2. The van der Waals surface area contributed by atoms with Crippen LogP contribution in [0.2, 0.25) is 0 Å². The second kappa shape index (κ2) is 11.2. The van der Waals surface area contributed by atoms with E-state index in [9.17, 15) is 14.4 Å². The van der Waals surface area contributed by atoms with Crippen LogP contribution in [0, 0.1) is 13.8 Å². The fraction of sp³-hybridized carbons (Fsp3) is 0.160. The fourth-order valence-electron chi connectivity index (χ4n) is 2.81.